The first-order valence-corrected chi connectivity index (χ1v) is 3.59. The van der Waals surface area contributed by atoms with E-state index in [0.29, 0.717) is 5.02 Å². The van der Waals surface area contributed by atoms with Crippen LogP contribution in [0.1, 0.15) is 0 Å². The molecular formula is C6H4Cl4O. The van der Waals surface area contributed by atoms with Crippen LogP contribution in [0.15, 0.2) is 12.1 Å². The first-order chi connectivity index (χ1) is 4.63. The monoisotopic (exact) mass is 232 g/mol. The molecule has 0 aliphatic rings. The number of benzene rings is 1. The maximum atomic E-state index is 8.95. The summed E-state index contributed by atoms with van der Waals surface area (Å²) in [7, 11) is 0. The lowest BCUT2D eigenvalue weighted by Gasteiger charge is -1.99. The summed E-state index contributed by atoms with van der Waals surface area (Å²) >= 11 is 16.6. The van der Waals surface area contributed by atoms with E-state index in [-0.39, 0.29) is 28.2 Å². The van der Waals surface area contributed by atoms with E-state index in [9.17, 15) is 0 Å². The van der Waals surface area contributed by atoms with Gasteiger partial charge in [-0.2, -0.15) is 0 Å². The highest BCUT2D eigenvalue weighted by Gasteiger charge is 2.06. The zero-order valence-electron chi connectivity index (χ0n) is 5.14. The Morgan fingerprint density at radius 1 is 1.00 bits per heavy atom. The van der Waals surface area contributed by atoms with Crippen LogP contribution in [0.2, 0.25) is 15.1 Å². The second kappa shape index (κ2) is 4.27. The fourth-order valence-corrected chi connectivity index (χ4v) is 1.05. The van der Waals surface area contributed by atoms with Gasteiger partial charge >= 0.3 is 0 Å². The van der Waals surface area contributed by atoms with Crippen LogP contribution in [-0.2, 0) is 0 Å². The molecule has 0 saturated carbocycles. The zero-order valence-corrected chi connectivity index (χ0v) is 8.23. The van der Waals surface area contributed by atoms with Crippen molar-refractivity contribution >= 4 is 47.2 Å². The molecule has 0 atom stereocenters. The van der Waals surface area contributed by atoms with Gasteiger partial charge in [-0.1, -0.05) is 34.8 Å². The Labute approximate surface area is 85.3 Å². The standard InChI is InChI=1S/C6H3Cl3O.ClH/c7-3-1-2-4(10)6(9)5(3)8;/h1-2,10H;1H. The van der Waals surface area contributed by atoms with E-state index >= 15 is 0 Å². The molecule has 0 saturated heterocycles. The third kappa shape index (κ3) is 2.31. The molecule has 1 nitrogen and oxygen atoms in total. The smallest absolute Gasteiger partial charge is 0.135 e. The maximum Gasteiger partial charge on any atom is 0.135 e. The number of phenols is 1. The van der Waals surface area contributed by atoms with Gasteiger partial charge < -0.3 is 5.11 Å². The minimum Gasteiger partial charge on any atom is -0.506 e. The molecule has 5 heteroatoms. The largest absolute Gasteiger partial charge is 0.506 e. The van der Waals surface area contributed by atoms with Gasteiger partial charge in [0.25, 0.3) is 0 Å². The molecule has 1 aromatic carbocycles. The number of phenolic OH excluding ortho intramolecular Hbond substituents is 1. The predicted molar refractivity (Wildman–Crippen MR) is 50.4 cm³/mol. The van der Waals surface area contributed by atoms with Crippen LogP contribution in [-0.4, -0.2) is 5.11 Å². The summed E-state index contributed by atoms with van der Waals surface area (Å²) in [6.45, 7) is 0. The Morgan fingerprint density at radius 2 is 1.55 bits per heavy atom. The summed E-state index contributed by atoms with van der Waals surface area (Å²) in [5, 5.41) is 9.56. The molecule has 1 N–H and O–H groups in total. The van der Waals surface area contributed by atoms with Crippen molar-refractivity contribution in [3.63, 3.8) is 0 Å². The minimum absolute atomic E-state index is 0. The molecule has 11 heavy (non-hydrogen) atoms. The van der Waals surface area contributed by atoms with E-state index in [2.05, 4.69) is 0 Å². The van der Waals surface area contributed by atoms with Crippen molar-refractivity contribution in [3.05, 3.63) is 27.2 Å². The number of aromatic hydroxyl groups is 1. The summed E-state index contributed by atoms with van der Waals surface area (Å²) in [6, 6.07) is 2.86. The Balaban J connectivity index is 0.000001000. The molecule has 1 rings (SSSR count). The summed E-state index contributed by atoms with van der Waals surface area (Å²) in [6.07, 6.45) is 0. The van der Waals surface area contributed by atoms with Crippen molar-refractivity contribution in [1.82, 2.24) is 0 Å². The van der Waals surface area contributed by atoms with E-state index < -0.39 is 0 Å². The summed E-state index contributed by atoms with van der Waals surface area (Å²) in [5.41, 5.74) is 0. The van der Waals surface area contributed by atoms with Gasteiger partial charge in [-0.3, -0.25) is 0 Å². The third-order valence-electron chi connectivity index (χ3n) is 1.01. The first-order valence-electron chi connectivity index (χ1n) is 2.45. The zero-order chi connectivity index (χ0) is 7.72. The van der Waals surface area contributed by atoms with Crippen molar-refractivity contribution in [2.24, 2.45) is 0 Å². The highest BCUT2D eigenvalue weighted by atomic mass is 35.5. The molecule has 0 heterocycles. The first kappa shape index (κ1) is 11.2. The highest BCUT2D eigenvalue weighted by Crippen LogP contribution is 2.35. The fraction of sp³-hybridized carbons (Fsp3) is 0. The predicted octanol–water partition coefficient (Wildman–Crippen LogP) is 3.77. The number of hydrogen-bond donors (Lipinski definition) is 1. The second-order valence-corrected chi connectivity index (χ2v) is 2.86. The molecule has 62 valence electrons. The van der Waals surface area contributed by atoms with E-state index in [0.717, 1.165) is 0 Å². The van der Waals surface area contributed by atoms with Gasteiger partial charge in [0, 0.05) is 0 Å². The molecule has 0 aliphatic heterocycles. The van der Waals surface area contributed by atoms with Gasteiger partial charge in [0.2, 0.25) is 0 Å². The lowest BCUT2D eigenvalue weighted by atomic mass is 10.3. The van der Waals surface area contributed by atoms with Gasteiger partial charge in [-0.25, -0.2) is 0 Å². The average Bonchev–Trinajstić information content (AvgIpc) is 1.93. The van der Waals surface area contributed by atoms with Gasteiger partial charge in [0.05, 0.1) is 10.0 Å². The van der Waals surface area contributed by atoms with Crippen molar-refractivity contribution in [3.8, 4) is 5.75 Å². The molecule has 0 radical (unpaired) electrons. The van der Waals surface area contributed by atoms with Crippen molar-refractivity contribution in [1.29, 1.82) is 0 Å². The summed E-state index contributed by atoms with van der Waals surface area (Å²) < 4.78 is 0. The van der Waals surface area contributed by atoms with Gasteiger partial charge in [-0.05, 0) is 12.1 Å². The Kier molecular flexibility index (Phi) is 4.34. The lowest BCUT2D eigenvalue weighted by molar-refractivity contribution is 0.475. The van der Waals surface area contributed by atoms with Crippen LogP contribution in [0, 0.1) is 0 Å². The van der Waals surface area contributed by atoms with E-state index in [1.165, 1.54) is 12.1 Å². The maximum absolute atomic E-state index is 8.95. The number of halogens is 4. The van der Waals surface area contributed by atoms with Crippen molar-refractivity contribution in [2.75, 3.05) is 0 Å². The number of hydrogen-bond acceptors (Lipinski definition) is 1. The summed E-state index contributed by atoms with van der Waals surface area (Å²) in [5.74, 6) is -0.0592. The molecular weight excluding hydrogens is 230 g/mol. The topological polar surface area (TPSA) is 20.2 Å². The highest BCUT2D eigenvalue weighted by molar-refractivity contribution is 6.48. The molecule has 0 fully saturated rings. The lowest BCUT2D eigenvalue weighted by Crippen LogP contribution is -1.71. The molecule has 0 aliphatic carbocycles. The van der Waals surface area contributed by atoms with Crippen LogP contribution >= 0.6 is 47.2 Å². The van der Waals surface area contributed by atoms with Gasteiger partial charge in [0.1, 0.15) is 10.8 Å². The van der Waals surface area contributed by atoms with Crippen molar-refractivity contribution in [2.45, 2.75) is 0 Å². The van der Waals surface area contributed by atoms with E-state index in [1.807, 2.05) is 0 Å². The SMILES string of the molecule is Cl.Oc1ccc(Cl)c(Cl)c1Cl. The Morgan fingerprint density at radius 3 is 2.00 bits per heavy atom. The third-order valence-corrected chi connectivity index (χ3v) is 2.30. The minimum atomic E-state index is -0.0592. The van der Waals surface area contributed by atoms with Gasteiger partial charge in [-0.15, -0.1) is 12.4 Å². The van der Waals surface area contributed by atoms with E-state index in [4.69, 9.17) is 39.9 Å². The molecule has 0 aromatic heterocycles. The van der Waals surface area contributed by atoms with Crippen LogP contribution in [0.4, 0.5) is 0 Å². The van der Waals surface area contributed by atoms with Crippen molar-refractivity contribution < 1.29 is 5.11 Å². The van der Waals surface area contributed by atoms with Crippen LogP contribution in [0.25, 0.3) is 0 Å². The molecule has 0 amide bonds. The van der Waals surface area contributed by atoms with Crippen LogP contribution in [0.3, 0.4) is 0 Å². The molecule has 0 unspecified atom stereocenters. The van der Waals surface area contributed by atoms with E-state index in [1.54, 1.807) is 0 Å². The summed E-state index contributed by atoms with van der Waals surface area (Å²) in [4.78, 5) is 0. The molecule has 1 aromatic rings. The molecule has 0 spiro atoms. The average molecular weight is 234 g/mol. The van der Waals surface area contributed by atoms with Crippen LogP contribution < -0.4 is 0 Å². The Bertz CT molecular complexity index is 234. The normalized spacial score (nSPS) is 9.00. The fourth-order valence-electron chi connectivity index (χ4n) is 0.516. The van der Waals surface area contributed by atoms with Crippen LogP contribution in [0.5, 0.6) is 5.75 Å². The molecule has 0 bridgehead atoms. The quantitative estimate of drug-likeness (QED) is 0.677. The Hall–Kier alpha value is 0.180. The second-order valence-electron chi connectivity index (χ2n) is 1.69. The number of rotatable bonds is 0. The van der Waals surface area contributed by atoms with Gasteiger partial charge in [0.15, 0.2) is 0 Å².